The fraction of sp³-hybridized carbons (Fsp3) is 0.0714. The topological polar surface area (TPSA) is 57.5 Å². The number of aromatic hydroxyl groups is 1. The van der Waals surface area contributed by atoms with Crippen LogP contribution in [-0.2, 0) is 6.18 Å². The second-order valence-corrected chi connectivity index (χ2v) is 4.12. The van der Waals surface area contributed by atoms with Gasteiger partial charge in [0, 0.05) is 5.56 Å². The van der Waals surface area contributed by atoms with Gasteiger partial charge in [-0.3, -0.25) is 0 Å². The van der Waals surface area contributed by atoms with Gasteiger partial charge in [0.2, 0.25) is 0 Å². The largest absolute Gasteiger partial charge is 0.507 e. The molecule has 0 amide bonds. The van der Waals surface area contributed by atoms with E-state index in [1.54, 1.807) is 0 Å². The van der Waals surface area contributed by atoms with Crippen LogP contribution in [0.2, 0.25) is 0 Å². The molecule has 0 spiro atoms. The fourth-order valence-corrected chi connectivity index (χ4v) is 1.79. The summed E-state index contributed by atoms with van der Waals surface area (Å²) in [6, 6.07) is 8.24. The molecule has 0 aromatic heterocycles. The third-order valence-corrected chi connectivity index (χ3v) is 2.72. The minimum Gasteiger partial charge on any atom is -0.507 e. The number of rotatable bonds is 2. The maximum Gasteiger partial charge on any atom is 0.416 e. The minimum absolute atomic E-state index is 0.00433. The number of hydrogen-bond acceptors (Lipinski definition) is 2. The van der Waals surface area contributed by atoms with Crippen LogP contribution in [0.25, 0.3) is 11.1 Å². The molecule has 2 N–H and O–H groups in total. The zero-order chi connectivity index (χ0) is 14.9. The molecule has 20 heavy (non-hydrogen) atoms. The molecule has 0 heterocycles. The molecule has 6 heteroatoms. The second kappa shape index (κ2) is 4.88. The normalized spacial score (nSPS) is 11.3. The summed E-state index contributed by atoms with van der Waals surface area (Å²) in [4.78, 5) is 10.9. The van der Waals surface area contributed by atoms with Crippen LogP contribution >= 0.6 is 0 Å². The predicted octanol–water partition coefficient (Wildman–Crippen LogP) is 3.78. The van der Waals surface area contributed by atoms with Gasteiger partial charge in [-0.2, -0.15) is 13.2 Å². The van der Waals surface area contributed by atoms with Crippen molar-refractivity contribution in [1.29, 1.82) is 0 Å². The van der Waals surface area contributed by atoms with Gasteiger partial charge >= 0.3 is 12.1 Å². The highest BCUT2D eigenvalue weighted by Crippen LogP contribution is 2.35. The first kappa shape index (κ1) is 13.9. The van der Waals surface area contributed by atoms with Crippen LogP contribution in [0, 0.1) is 0 Å². The smallest absolute Gasteiger partial charge is 0.416 e. The second-order valence-electron chi connectivity index (χ2n) is 4.12. The quantitative estimate of drug-likeness (QED) is 0.881. The van der Waals surface area contributed by atoms with Gasteiger partial charge in [0.25, 0.3) is 0 Å². The van der Waals surface area contributed by atoms with E-state index < -0.39 is 23.3 Å². The number of halogens is 3. The van der Waals surface area contributed by atoms with E-state index in [-0.39, 0.29) is 16.9 Å². The molecular weight excluding hydrogens is 273 g/mol. The molecule has 0 unspecified atom stereocenters. The average molecular weight is 282 g/mol. The van der Waals surface area contributed by atoms with Crippen LogP contribution in [0.15, 0.2) is 42.5 Å². The summed E-state index contributed by atoms with van der Waals surface area (Å²) < 4.78 is 38.3. The number of alkyl halides is 3. The van der Waals surface area contributed by atoms with E-state index in [0.29, 0.717) is 6.07 Å². The molecular formula is C14H9F3O3. The molecule has 0 fully saturated rings. The Morgan fingerprint density at radius 3 is 2.25 bits per heavy atom. The summed E-state index contributed by atoms with van der Waals surface area (Å²) in [6.45, 7) is 0. The predicted molar refractivity (Wildman–Crippen MR) is 65.5 cm³/mol. The van der Waals surface area contributed by atoms with E-state index in [1.165, 1.54) is 24.3 Å². The number of para-hydroxylation sites is 1. The van der Waals surface area contributed by atoms with Crippen molar-refractivity contribution in [2.75, 3.05) is 0 Å². The van der Waals surface area contributed by atoms with Crippen molar-refractivity contribution >= 4 is 5.97 Å². The summed E-state index contributed by atoms with van der Waals surface area (Å²) in [6.07, 6.45) is -4.66. The van der Waals surface area contributed by atoms with E-state index in [2.05, 4.69) is 0 Å². The van der Waals surface area contributed by atoms with Gasteiger partial charge in [0.05, 0.1) is 11.1 Å². The van der Waals surface area contributed by atoms with Crippen molar-refractivity contribution in [2.45, 2.75) is 6.18 Å². The Labute approximate surface area is 111 Å². The standard InChI is InChI=1S/C14H9F3O3/c15-14(16,17)10-6-8(5-9(7-10)13(19)20)11-3-1-2-4-12(11)18/h1-7,18H,(H,19,20). The van der Waals surface area contributed by atoms with E-state index in [9.17, 15) is 23.1 Å². The molecule has 2 aromatic carbocycles. The fourth-order valence-electron chi connectivity index (χ4n) is 1.79. The van der Waals surface area contributed by atoms with Crippen LogP contribution in [0.4, 0.5) is 13.2 Å². The maximum absolute atomic E-state index is 12.8. The van der Waals surface area contributed by atoms with Crippen LogP contribution < -0.4 is 0 Å². The van der Waals surface area contributed by atoms with Crippen LogP contribution in [0.5, 0.6) is 5.75 Å². The van der Waals surface area contributed by atoms with Gasteiger partial charge in [-0.05, 0) is 29.8 Å². The lowest BCUT2D eigenvalue weighted by molar-refractivity contribution is -0.137. The van der Waals surface area contributed by atoms with Crippen molar-refractivity contribution in [3.05, 3.63) is 53.6 Å². The number of carbonyl (C=O) groups is 1. The van der Waals surface area contributed by atoms with Crippen LogP contribution in [-0.4, -0.2) is 16.2 Å². The number of carboxylic acid groups (broad SMARTS) is 1. The monoisotopic (exact) mass is 282 g/mol. The molecule has 0 aliphatic heterocycles. The molecule has 0 aliphatic carbocycles. The van der Waals surface area contributed by atoms with Crippen molar-refractivity contribution in [1.82, 2.24) is 0 Å². The van der Waals surface area contributed by atoms with Gasteiger partial charge in [-0.1, -0.05) is 18.2 Å². The summed E-state index contributed by atoms with van der Waals surface area (Å²) in [7, 11) is 0. The summed E-state index contributed by atoms with van der Waals surface area (Å²) >= 11 is 0. The van der Waals surface area contributed by atoms with E-state index in [1.807, 2.05) is 0 Å². The van der Waals surface area contributed by atoms with E-state index in [0.717, 1.165) is 12.1 Å². The third kappa shape index (κ3) is 2.74. The lowest BCUT2D eigenvalue weighted by Crippen LogP contribution is -2.08. The van der Waals surface area contributed by atoms with Gasteiger partial charge in [0.15, 0.2) is 0 Å². The highest BCUT2D eigenvalue weighted by Gasteiger charge is 2.32. The Hall–Kier alpha value is -2.50. The molecule has 104 valence electrons. The van der Waals surface area contributed by atoms with Crippen LogP contribution in [0.1, 0.15) is 15.9 Å². The van der Waals surface area contributed by atoms with Crippen molar-refractivity contribution in [2.24, 2.45) is 0 Å². The van der Waals surface area contributed by atoms with Gasteiger partial charge < -0.3 is 10.2 Å². The maximum atomic E-state index is 12.8. The number of hydrogen-bond donors (Lipinski definition) is 2. The first-order chi connectivity index (χ1) is 9.29. The first-order valence-electron chi connectivity index (χ1n) is 5.53. The molecule has 0 radical (unpaired) electrons. The number of phenols is 1. The zero-order valence-electron chi connectivity index (χ0n) is 9.98. The average Bonchev–Trinajstić information content (AvgIpc) is 2.37. The van der Waals surface area contributed by atoms with Crippen molar-refractivity contribution < 1.29 is 28.2 Å². The van der Waals surface area contributed by atoms with E-state index in [4.69, 9.17) is 5.11 Å². The Morgan fingerprint density at radius 1 is 1.05 bits per heavy atom. The lowest BCUT2D eigenvalue weighted by Gasteiger charge is -2.11. The summed E-state index contributed by atoms with van der Waals surface area (Å²) in [5.41, 5.74) is -1.43. The highest BCUT2D eigenvalue weighted by atomic mass is 19.4. The third-order valence-electron chi connectivity index (χ3n) is 2.72. The number of benzene rings is 2. The number of carboxylic acids is 1. The van der Waals surface area contributed by atoms with Gasteiger partial charge in [0.1, 0.15) is 5.75 Å². The molecule has 2 rings (SSSR count). The van der Waals surface area contributed by atoms with Crippen molar-refractivity contribution in [3.8, 4) is 16.9 Å². The Morgan fingerprint density at radius 2 is 1.70 bits per heavy atom. The molecule has 3 nitrogen and oxygen atoms in total. The summed E-state index contributed by atoms with van der Waals surface area (Å²) in [5.74, 6) is -1.68. The molecule has 0 aliphatic rings. The summed E-state index contributed by atoms with van der Waals surface area (Å²) in [5, 5.41) is 18.5. The zero-order valence-corrected chi connectivity index (χ0v) is 9.98. The molecule has 0 atom stereocenters. The lowest BCUT2D eigenvalue weighted by atomic mass is 9.99. The minimum atomic E-state index is -4.66. The Bertz CT molecular complexity index is 663. The Balaban J connectivity index is 2.68. The first-order valence-corrected chi connectivity index (χ1v) is 5.53. The highest BCUT2D eigenvalue weighted by molar-refractivity contribution is 5.90. The molecule has 2 aromatic rings. The van der Waals surface area contributed by atoms with Crippen LogP contribution in [0.3, 0.4) is 0 Å². The van der Waals surface area contributed by atoms with Gasteiger partial charge in [-0.25, -0.2) is 4.79 Å². The van der Waals surface area contributed by atoms with Crippen molar-refractivity contribution in [3.63, 3.8) is 0 Å². The van der Waals surface area contributed by atoms with Gasteiger partial charge in [-0.15, -0.1) is 0 Å². The SMILES string of the molecule is O=C(O)c1cc(-c2ccccc2O)cc(C(F)(F)F)c1. The van der Waals surface area contributed by atoms with E-state index >= 15 is 0 Å². The number of aromatic carboxylic acids is 1. The molecule has 0 bridgehead atoms. The molecule has 0 saturated heterocycles. The Kier molecular flexibility index (Phi) is 3.40. The molecule has 0 saturated carbocycles. The number of phenolic OH excluding ortho intramolecular Hbond substituents is 1.